The molecule has 1 fully saturated rings. The van der Waals surface area contributed by atoms with Crippen LogP contribution in [0.1, 0.15) is 67.7 Å². The fourth-order valence-corrected chi connectivity index (χ4v) is 4.01. The number of rotatable bonds is 4. The van der Waals surface area contributed by atoms with Gasteiger partial charge in [-0.15, -0.1) is 0 Å². The molecule has 0 heterocycles. The van der Waals surface area contributed by atoms with Crippen LogP contribution in [-0.2, 0) is 12.8 Å². The van der Waals surface area contributed by atoms with E-state index in [2.05, 4.69) is 30.1 Å². The second kappa shape index (κ2) is 6.93. The van der Waals surface area contributed by atoms with Crippen LogP contribution in [-0.4, -0.2) is 29.6 Å². The van der Waals surface area contributed by atoms with Gasteiger partial charge in [0.1, 0.15) is 0 Å². The molecule has 0 aromatic heterocycles. The van der Waals surface area contributed by atoms with E-state index in [1.807, 2.05) is 0 Å². The largest absolute Gasteiger partial charge is 0.387 e. The van der Waals surface area contributed by atoms with Gasteiger partial charge in [-0.05, 0) is 62.3 Å². The van der Waals surface area contributed by atoms with Crippen LogP contribution >= 0.6 is 0 Å². The third-order valence-electron chi connectivity index (χ3n) is 5.42. The highest BCUT2D eigenvalue weighted by atomic mass is 16.3. The van der Waals surface area contributed by atoms with E-state index in [4.69, 9.17) is 0 Å². The van der Waals surface area contributed by atoms with E-state index < -0.39 is 0 Å². The Bertz CT molecular complexity index is 465. The van der Waals surface area contributed by atoms with Crippen molar-refractivity contribution >= 4 is 0 Å². The highest BCUT2D eigenvalue weighted by Crippen LogP contribution is 2.27. The van der Waals surface area contributed by atoms with Crippen molar-refractivity contribution in [1.29, 1.82) is 0 Å². The van der Waals surface area contributed by atoms with Crippen LogP contribution in [0.2, 0.25) is 0 Å². The minimum absolute atomic E-state index is 0.343. The maximum Gasteiger partial charge on any atom is 0.0917 e. The lowest BCUT2D eigenvalue weighted by Gasteiger charge is -2.32. The number of likely N-dealkylation sites (N-methyl/N-ethyl adjacent to an activating group) is 1. The molecule has 1 atom stereocenters. The van der Waals surface area contributed by atoms with Gasteiger partial charge in [-0.1, -0.05) is 37.5 Å². The molecule has 0 saturated heterocycles. The average Bonchev–Trinajstić information content (AvgIpc) is 2.55. The highest BCUT2D eigenvalue weighted by Gasteiger charge is 2.21. The molecule has 116 valence electrons. The molecule has 1 aromatic carbocycles. The molecule has 2 heteroatoms. The minimum atomic E-state index is -0.343. The fourth-order valence-electron chi connectivity index (χ4n) is 4.01. The Morgan fingerprint density at radius 1 is 1.05 bits per heavy atom. The second-order valence-corrected chi connectivity index (χ2v) is 6.98. The molecule has 1 aromatic rings. The molecular weight excluding hydrogens is 258 g/mol. The van der Waals surface area contributed by atoms with Gasteiger partial charge in [-0.25, -0.2) is 0 Å². The number of aliphatic hydroxyl groups is 1. The zero-order valence-electron chi connectivity index (χ0n) is 13.4. The first-order valence-electron chi connectivity index (χ1n) is 8.74. The van der Waals surface area contributed by atoms with E-state index in [-0.39, 0.29) is 6.10 Å². The van der Waals surface area contributed by atoms with Crippen LogP contribution < -0.4 is 0 Å². The zero-order chi connectivity index (χ0) is 14.7. The predicted octanol–water partition coefficient (Wildman–Crippen LogP) is 3.86. The Labute approximate surface area is 129 Å². The van der Waals surface area contributed by atoms with Crippen molar-refractivity contribution in [2.45, 2.75) is 69.9 Å². The van der Waals surface area contributed by atoms with Crippen LogP contribution in [0.25, 0.3) is 0 Å². The molecule has 1 saturated carbocycles. The van der Waals surface area contributed by atoms with Gasteiger partial charge in [0.15, 0.2) is 0 Å². The van der Waals surface area contributed by atoms with E-state index in [1.165, 1.54) is 68.9 Å². The molecule has 21 heavy (non-hydrogen) atoms. The minimum Gasteiger partial charge on any atom is -0.387 e. The van der Waals surface area contributed by atoms with E-state index in [1.54, 1.807) is 0 Å². The summed E-state index contributed by atoms with van der Waals surface area (Å²) in [5.74, 6) is 0. The maximum absolute atomic E-state index is 10.6. The third-order valence-corrected chi connectivity index (χ3v) is 5.42. The first-order chi connectivity index (χ1) is 10.2. The van der Waals surface area contributed by atoms with Crippen molar-refractivity contribution in [2.24, 2.45) is 0 Å². The summed E-state index contributed by atoms with van der Waals surface area (Å²) in [5.41, 5.74) is 4.08. The molecule has 0 radical (unpaired) electrons. The van der Waals surface area contributed by atoms with E-state index in [9.17, 15) is 5.11 Å². The van der Waals surface area contributed by atoms with Crippen molar-refractivity contribution in [1.82, 2.24) is 4.90 Å². The monoisotopic (exact) mass is 287 g/mol. The number of nitrogens with zero attached hydrogens (tertiary/aromatic N) is 1. The molecule has 1 N–H and O–H groups in total. The summed E-state index contributed by atoms with van der Waals surface area (Å²) in [6, 6.07) is 7.32. The summed E-state index contributed by atoms with van der Waals surface area (Å²) in [6.07, 6.45) is 11.4. The van der Waals surface area contributed by atoms with Crippen LogP contribution in [0, 0.1) is 0 Å². The van der Waals surface area contributed by atoms with E-state index in [0.717, 1.165) is 12.1 Å². The Balaban J connectivity index is 1.63. The molecule has 3 rings (SSSR count). The SMILES string of the molecule is CN(CC(O)c1ccc2c(c1)CCCC2)C1CCCCC1. The van der Waals surface area contributed by atoms with Crippen LogP contribution in [0.4, 0.5) is 0 Å². The number of hydrogen-bond donors (Lipinski definition) is 1. The smallest absolute Gasteiger partial charge is 0.0917 e. The van der Waals surface area contributed by atoms with Gasteiger partial charge in [-0.2, -0.15) is 0 Å². The normalized spacial score (nSPS) is 21.3. The summed E-state index contributed by atoms with van der Waals surface area (Å²) >= 11 is 0. The quantitative estimate of drug-likeness (QED) is 0.909. The van der Waals surface area contributed by atoms with Crippen molar-refractivity contribution in [3.8, 4) is 0 Å². The van der Waals surface area contributed by atoms with Gasteiger partial charge in [-0.3, -0.25) is 0 Å². The molecular formula is C19H29NO. The van der Waals surface area contributed by atoms with Crippen molar-refractivity contribution < 1.29 is 5.11 Å². The lowest BCUT2D eigenvalue weighted by atomic mass is 9.89. The standard InChI is InChI=1S/C19H29NO/c1-20(18-9-3-2-4-10-18)14-19(21)17-12-11-15-7-5-6-8-16(15)13-17/h11-13,18-19,21H,2-10,14H2,1H3. The fraction of sp³-hybridized carbons (Fsp3) is 0.684. The summed E-state index contributed by atoms with van der Waals surface area (Å²) in [4.78, 5) is 2.38. The summed E-state index contributed by atoms with van der Waals surface area (Å²) < 4.78 is 0. The summed E-state index contributed by atoms with van der Waals surface area (Å²) in [5, 5.41) is 10.6. The molecule has 2 aliphatic rings. The van der Waals surface area contributed by atoms with Gasteiger partial charge in [0.05, 0.1) is 6.10 Å². The zero-order valence-corrected chi connectivity index (χ0v) is 13.4. The van der Waals surface area contributed by atoms with Gasteiger partial charge < -0.3 is 10.0 Å². The lowest BCUT2D eigenvalue weighted by Crippen LogP contribution is -2.36. The second-order valence-electron chi connectivity index (χ2n) is 6.98. The highest BCUT2D eigenvalue weighted by molar-refractivity contribution is 5.34. The molecule has 0 aliphatic heterocycles. The van der Waals surface area contributed by atoms with Crippen molar-refractivity contribution in [3.63, 3.8) is 0 Å². The molecule has 0 amide bonds. The number of fused-ring (bicyclic) bond motifs is 1. The molecule has 0 spiro atoms. The Morgan fingerprint density at radius 3 is 2.52 bits per heavy atom. The van der Waals surface area contributed by atoms with Crippen LogP contribution in [0.15, 0.2) is 18.2 Å². The first-order valence-corrected chi connectivity index (χ1v) is 8.74. The van der Waals surface area contributed by atoms with Crippen molar-refractivity contribution in [2.75, 3.05) is 13.6 Å². The van der Waals surface area contributed by atoms with E-state index in [0.29, 0.717) is 6.04 Å². The lowest BCUT2D eigenvalue weighted by molar-refractivity contribution is 0.0913. The maximum atomic E-state index is 10.6. The van der Waals surface area contributed by atoms with Crippen LogP contribution in [0.5, 0.6) is 0 Å². The number of aliphatic hydroxyl groups excluding tert-OH is 1. The third kappa shape index (κ3) is 3.67. The Kier molecular flexibility index (Phi) is 4.97. The Hall–Kier alpha value is -0.860. The van der Waals surface area contributed by atoms with Gasteiger partial charge >= 0.3 is 0 Å². The molecule has 2 aliphatic carbocycles. The summed E-state index contributed by atoms with van der Waals surface area (Å²) in [6.45, 7) is 0.767. The van der Waals surface area contributed by atoms with Crippen molar-refractivity contribution in [3.05, 3.63) is 34.9 Å². The first kappa shape index (κ1) is 15.1. The number of hydrogen-bond acceptors (Lipinski definition) is 2. The average molecular weight is 287 g/mol. The molecule has 1 unspecified atom stereocenters. The number of benzene rings is 1. The van der Waals surface area contributed by atoms with Gasteiger partial charge in [0.25, 0.3) is 0 Å². The van der Waals surface area contributed by atoms with Gasteiger partial charge in [0, 0.05) is 12.6 Å². The van der Waals surface area contributed by atoms with Crippen LogP contribution in [0.3, 0.4) is 0 Å². The summed E-state index contributed by atoms with van der Waals surface area (Å²) in [7, 11) is 2.18. The molecule has 0 bridgehead atoms. The van der Waals surface area contributed by atoms with Gasteiger partial charge in [0.2, 0.25) is 0 Å². The topological polar surface area (TPSA) is 23.5 Å². The molecule has 2 nitrogen and oxygen atoms in total. The number of aryl methyl sites for hydroxylation is 2. The predicted molar refractivity (Wildman–Crippen MR) is 87.5 cm³/mol. The Morgan fingerprint density at radius 2 is 1.76 bits per heavy atom. The van der Waals surface area contributed by atoms with E-state index >= 15 is 0 Å².